The van der Waals surface area contributed by atoms with Crippen molar-refractivity contribution in [1.29, 1.82) is 0 Å². The van der Waals surface area contributed by atoms with Gasteiger partial charge in [-0.05, 0) is 45.7 Å². The van der Waals surface area contributed by atoms with E-state index < -0.39 is 24.0 Å². The average molecular weight is 437 g/mol. The summed E-state index contributed by atoms with van der Waals surface area (Å²) in [7, 11) is 1.60. The number of nitrogens with zero attached hydrogens (tertiary/aromatic N) is 1. The second kappa shape index (κ2) is 16.3. The molecule has 0 rings (SSSR count). The van der Waals surface area contributed by atoms with Gasteiger partial charge in [0.15, 0.2) is 5.96 Å². The zero-order valence-electron chi connectivity index (χ0n) is 15.5. The second-order valence-electron chi connectivity index (χ2n) is 5.78. The van der Waals surface area contributed by atoms with Gasteiger partial charge in [0.05, 0.1) is 6.54 Å². The van der Waals surface area contributed by atoms with Crippen LogP contribution in [0.15, 0.2) is 4.99 Å². The van der Waals surface area contributed by atoms with Crippen LogP contribution in [0.1, 0.15) is 32.1 Å². The van der Waals surface area contributed by atoms with E-state index in [1.807, 2.05) is 0 Å². The van der Waals surface area contributed by atoms with E-state index in [2.05, 4.69) is 20.9 Å². The van der Waals surface area contributed by atoms with Crippen LogP contribution in [0.5, 0.6) is 0 Å². The number of amides is 2. The zero-order chi connectivity index (χ0) is 19.9. The van der Waals surface area contributed by atoms with Crippen LogP contribution >= 0.6 is 0 Å². The summed E-state index contributed by atoms with van der Waals surface area (Å²) in [6.07, 6.45) is 2.23. The zero-order valence-corrected chi connectivity index (χ0v) is 16.4. The van der Waals surface area contributed by atoms with E-state index in [0.29, 0.717) is 32.4 Å². The summed E-state index contributed by atoms with van der Waals surface area (Å²) in [4.78, 5) is 39.4. The molecule has 0 aromatic rings. The number of carbonyl (C=O) groups is 3. The molecule has 161 valence electrons. The standard InChI is InChI=1S/C15H31N7O4.Cu/c1-19-9-12(23)21-10(6-4-8-20-15(17)18)13(24)22-11(14(25)26)5-2-3-7-16;/h10-11,19H,2-9,16H2,1H3,(H,21,23)(H,22,24)(H,25,26)(H4,17,18,20);/t10-,11-;/m0./s1. The first-order valence-electron chi connectivity index (χ1n) is 8.54. The van der Waals surface area contributed by atoms with Crippen molar-refractivity contribution in [2.75, 3.05) is 26.7 Å². The predicted octanol–water partition coefficient (Wildman–Crippen LogP) is -2.56. The molecule has 12 heteroatoms. The molecule has 2 atom stereocenters. The number of carboxylic acid groups (broad SMARTS) is 1. The van der Waals surface area contributed by atoms with Crippen molar-refractivity contribution in [3.8, 4) is 0 Å². The van der Waals surface area contributed by atoms with E-state index in [9.17, 15) is 19.5 Å². The molecule has 1 radical (unpaired) electrons. The van der Waals surface area contributed by atoms with Crippen LogP contribution < -0.4 is 33.2 Å². The van der Waals surface area contributed by atoms with E-state index in [1.165, 1.54) is 0 Å². The van der Waals surface area contributed by atoms with E-state index in [0.717, 1.165) is 0 Å². The molecule has 0 aromatic carbocycles. The summed E-state index contributed by atoms with van der Waals surface area (Å²) in [5.41, 5.74) is 15.9. The Labute approximate surface area is 169 Å². The van der Waals surface area contributed by atoms with Gasteiger partial charge < -0.3 is 38.3 Å². The van der Waals surface area contributed by atoms with Crippen LogP contribution in [0.2, 0.25) is 0 Å². The van der Waals surface area contributed by atoms with E-state index in [4.69, 9.17) is 17.2 Å². The van der Waals surface area contributed by atoms with Crippen LogP contribution in [0.25, 0.3) is 0 Å². The maximum absolute atomic E-state index is 12.4. The third-order valence-corrected chi connectivity index (χ3v) is 3.50. The SMILES string of the molecule is CNCC(=O)N[C@@H](CCCN=C(N)N)C(=O)N[C@@H](CCCCN)C(=O)O.[Cu]. The molecule has 0 saturated heterocycles. The topological polar surface area (TPSA) is 198 Å². The van der Waals surface area contributed by atoms with Crippen molar-refractivity contribution >= 4 is 23.7 Å². The van der Waals surface area contributed by atoms with Gasteiger partial charge in [0.25, 0.3) is 0 Å². The molecule has 0 saturated carbocycles. The van der Waals surface area contributed by atoms with Crippen molar-refractivity contribution in [1.82, 2.24) is 16.0 Å². The Balaban J connectivity index is 0. The van der Waals surface area contributed by atoms with Crippen molar-refractivity contribution in [2.45, 2.75) is 44.2 Å². The third-order valence-electron chi connectivity index (χ3n) is 3.50. The van der Waals surface area contributed by atoms with Crippen LogP contribution in [0.3, 0.4) is 0 Å². The minimum absolute atomic E-state index is 0. The molecule has 0 aliphatic carbocycles. The minimum Gasteiger partial charge on any atom is -0.480 e. The van der Waals surface area contributed by atoms with Crippen molar-refractivity contribution in [3.63, 3.8) is 0 Å². The molecule has 10 N–H and O–H groups in total. The summed E-state index contributed by atoms with van der Waals surface area (Å²) in [5, 5.41) is 17.0. The number of likely N-dealkylation sites (N-methyl/N-ethyl adjacent to an activating group) is 1. The summed E-state index contributed by atoms with van der Waals surface area (Å²) in [5.74, 6) is -2.11. The first-order valence-corrected chi connectivity index (χ1v) is 8.54. The van der Waals surface area contributed by atoms with Gasteiger partial charge in [-0.2, -0.15) is 0 Å². The molecule has 0 bridgehead atoms. The summed E-state index contributed by atoms with van der Waals surface area (Å²) >= 11 is 0. The van der Waals surface area contributed by atoms with E-state index in [1.54, 1.807) is 7.05 Å². The Morgan fingerprint density at radius 1 is 1.04 bits per heavy atom. The van der Waals surface area contributed by atoms with Gasteiger partial charge in [0.2, 0.25) is 11.8 Å². The Hall–Kier alpha value is -1.88. The monoisotopic (exact) mass is 436 g/mol. The first kappa shape index (κ1) is 27.3. The second-order valence-corrected chi connectivity index (χ2v) is 5.78. The van der Waals surface area contributed by atoms with E-state index >= 15 is 0 Å². The van der Waals surface area contributed by atoms with Gasteiger partial charge in [0.1, 0.15) is 12.1 Å². The van der Waals surface area contributed by atoms with Crippen LogP contribution in [0.4, 0.5) is 0 Å². The molecule has 27 heavy (non-hydrogen) atoms. The van der Waals surface area contributed by atoms with Crippen LogP contribution in [-0.2, 0) is 31.5 Å². The predicted molar refractivity (Wildman–Crippen MR) is 98.2 cm³/mol. The van der Waals surface area contributed by atoms with Gasteiger partial charge >= 0.3 is 5.97 Å². The molecule has 0 heterocycles. The summed E-state index contributed by atoms with van der Waals surface area (Å²) < 4.78 is 0. The molecule has 0 aromatic heterocycles. The molecule has 0 aliphatic rings. The van der Waals surface area contributed by atoms with Crippen molar-refractivity contribution in [3.05, 3.63) is 0 Å². The molecule has 2 amide bonds. The largest absolute Gasteiger partial charge is 0.480 e. The number of nitrogens with one attached hydrogen (secondary N) is 3. The Kier molecular flexibility index (Phi) is 16.5. The fourth-order valence-corrected chi connectivity index (χ4v) is 2.20. The number of unbranched alkanes of at least 4 members (excludes halogenated alkanes) is 1. The quantitative estimate of drug-likeness (QED) is 0.0667. The summed E-state index contributed by atoms with van der Waals surface area (Å²) in [6.45, 7) is 0.789. The van der Waals surface area contributed by atoms with Gasteiger partial charge in [0, 0.05) is 23.6 Å². The normalized spacial score (nSPS) is 12.2. The maximum Gasteiger partial charge on any atom is 0.326 e. The van der Waals surface area contributed by atoms with E-state index in [-0.39, 0.29) is 48.3 Å². The van der Waals surface area contributed by atoms with Gasteiger partial charge in [-0.25, -0.2) is 4.79 Å². The minimum atomic E-state index is -1.13. The third kappa shape index (κ3) is 13.9. The number of aliphatic imine (C=N–C) groups is 1. The summed E-state index contributed by atoms with van der Waals surface area (Å²) in [6, 6.07) is -1.91. The number of carbonyl (C=O) groups excluding carboxylic acids is 2. The average Bonchev–Trinajstić information content (AvgIpc) is 2.56. The molecule has 0 unspecified atom stereocenters. The molecular formula is C15H31CuN7O4. The molecule has 0 aliphatic heterocycles. The fraction of sp³-hybridized carbons (Fsp3) is 0.733. The van der Waals surface area contributed by atoms with Crippen LogP contribution in [0, 0.1) is 0 Å². The first-order chi connectivity index (χ1) is 12.3. The number of hydrogen-bond donors (Lipinski definition) is 7. The van der Waals surface area contributed by atoms with Gasteiger partial charge in [-0.15, -0.1) is 0 Å². The maximum atomic E-state index is 12.4. The smallest absolute Gasteiger partial charge is 0.326 e. The Morgan fingerprint density at radius 3 is 2.19 bits per heavy atom. The molecule has 11 nitrogen and oxygen atoms in total. The number of aliphatic carboxylic acids is 1. The fourth-order valence-electron chi connectivity index (χ4n) is 2.20. The molecule has 0 fully saturated rings. The Bertz CT molecular complexity index is 487. The van der Waals surface area contributed by atoms with Crippen LogP contribution in [-0.4, -0.2) is 67.6 Å². The Morgan fingerprint density at radius 2 is 1.67 bits per heavy atom. The number of guanidine groups is 1. The number of rotatable bonds is 14. The molecule has 0 spiro atoms. The van der Waals surface area contributed by atoms with Crippen molar-refractivity contribution < 1.29 is 36.6 Å². The van der Waals surface area contributed by atoms with Crippen molar-refractivity contribution in [2.24, 2.45) is 22.2 Å². The number of carboxylic acids is 1. The van der Waals surface area contributed by atoms with Gasteiger partial charge in [-0.1, -0.05) is 0 Å². The number of hydrogen-bond acceptors (Lipinski definition) is 6. The molecular weight excluding hydrogens is 406 g/mol. The van der Waals surface area contributed by atoms with Gasteiger partial charge in [-0.3, -0.25) is 14.6 Å². The number of nitrogens with two attached hydrogens (primary N) is 3.